The van der Waals surface area contributed by atoms with Crippen molar-refractivity contribution in [2.24, 2.45) is 35.5 Å². The van der Waals surface area contributed by atoms with Crippen molar-refractivity contribution in [1.82, 2.24) is 15.5 Å². The first-order valence-corrected chi connectivity index (χ1v) is 26.0. The predicted molar refractivity (Wildman–Crippen MR) is 234 cm³/mol. The number of amides is 2. The van der Waals surface area contributed by atoms with E-state index < -0.39 is 0 Å². The summed E-state index contributed by atoms with van der Waals surface area (Å²) in [7, 11) is 0. The second-order valence-electron chi connectivity index (χ2n) is 19.9. The van der Waals surface area contributed by atoms with Gasteiger partial charge in [0, 0.05) is 61.7 Å². The van der Waals surface area contributed by atoms with Gasteiger partial charge in [-0.15, -0.1) is 11.8 Å². The smallest absolute Gasteiger partial charge is 0.238 e. The molecule has 0 aromatic heterocycles. The van der Waals surface area contributed by atoms with Crippen LogP contribution in [0.4, 0.5) is 0 Å². The van der Waals surface area contributed by atoms with E-state index in [1.807, 2.05) is 0 Å². The van der Waals surface area contributed by atoms with E-state index in [1.54, 1.807) is 0 Å². The van der Waals surface area contributed by atoms with E-state index in [9.17, 15) is 19.8 Å². The third-order valence-corrected chi connectivity index (χ3v) is 19.2. The van der Waals surface area contributed by atoms with Crippen LogP contribution in [0.2, 0.25) is 0 Å². The maximum atomic E-state index is 13.1. The predicted octanol–water partition coefficient (Wildman–Crippen LogP) is 8.38. The summed E-state index contributed by atoms with van der Waals surface area (Å²) in [5.41, 5.74) is 0. The molecule has 6 aliphatic carbocycles. The lowest BCUT2D eigenvalue weighted by Crippen LogP contribution is -2.42. The summed E-state index contributed by atoms with van der Waals surface area (Å²) >= 11 is 4.35. The first kappa shape index (κ1) is 42.5. The van der Waals surface area contributed by atoms with Gasteiger partial charge in [0.1, 0.15) is 6.54 Å². The van der Waals surface area contributed by atoms with Gasteiger partial charge in [0.05, 0.1) is 22.5 Å². The van der Waals surface area contributed by atoms with Crippen molar-refractivity contribution >= 4 is 40.4 Å². The van der Waals surface area contributed by atoms with Crippen LogP contribution in [0.3, 0.4) is 0 Å². The van der Waals surface area contributed by atoms with Gasteiger partial charge < -0.3 is 25.7 Å². The first-order valence-electron chi connectivity index (χ1n) is 24.3. The van der Waals surface area contributed by atoms with E-state index in [0.29, 0.717) is 22.6 Å². The Kier molecular flexibility index (Phi) is 15.3. The lowest BCUT2D eigenvalue weighted by Gasteiger charge is -2.40. The van der Waals surface area contributed by atoms with Crippen LogP contribution in [0.15, 0.2) is 11.1 Å². The molecule has 0 aromatic rings. The average Bonchev–Trinajstić information content (AvgIpc) is 3.77. The fourth-order valence-electron chi connectivity index (χ4n) is 12.9. The number of aliphatic hydroxyl groups excluding tert-OH is 2. The third kappa shape index (κ3) is 10.8. The van der Waals surface area contributed by atoms with E-state index in [1.165, 1.54) is 113 Å². The molecule has 2 heterocycles. The summed E-state index contributed by atoms with van der Waals surface area (Å²) in [6, 6.07) is 1.18. The van der Waals surface area contributed by atoms with Crippen LogP contribution in [0.1, 0.15) is 167 Å². The highest BCUT2D eigenvalue weighted by molar-refractivity contribution is 8.15. The first-order chi connectivity index (χ1) is 27.9. The van der Waals surface area contributed by atoms with Crippen molar-refractivity contribution in [3.63, 3.8) is 0 Å². The van der Waals surface area contributed by atoms with E-state index >= 15 is 0 Å². The van der Waals surface area contributed by atoms with Crippen LogP contribution in [0.25, 0.3) is 0 Å². The van der Waals surface area contributed by atoms with Crippen molar-refractivity contribution < 1.29 is 24.4 Å². The van der Waals surface area contributed by atoms with Crippen molar-refractivity contribution in [2.75, 3.05) is 26.2 Å². The number of rotatable bonds is 13. The maximum absolute atomic E-state index is 13.1. The number of nitrogens with one attached hydrogen (secondary N) is 2. The normalized spacial score (nSPS) is 37.6. The zero-order valence-electron chi connectivity index (χ0n) is 35.1. The number of nitrogens with zero attached hydrogens (tertiary/aromatic N) is 2. The van der Waals surface area contributed by atoms with Crippen molar-refractivity contribution in [2.45, 2.75) is 202 Å². The summed E-state index contributed by atoms with van der Waals surface area (Å²) in [5.74, 6) is 4.03. The van der Waals surface area contributed by atoms with E-state index in [0.717, 1.165) is 114 Å². The highest BCUT2D eigenvalue weighted by atomic mass is 32.2. The number of thioether (sulfide) groups is 2. The summed E-state index contributed by atoms with van der Waals surface area (Å²) in [6.07, 6.45) is 32.7. The van der Waals surface area contributed by atoms with Crippen molar-refractivity contribution in [3.05, 3.63) is 11.1 Å². The Labute approximate surface area is 353 Å². The minimum atomic E-state index is -0.231. The minimum Gasteiger partial charge on any atom is -0.393 e. The van der Waals surface area contributed by atoms with E-state index in [4.69, 9.17) is 0 Å². The molecule has 6 unspecified atom stereocenters. The Morgan fingerprint density at radius 3 is 1.75 bits per heavy atom. The Balaban J connectivity index is 0.980. The van der Waals surface area contributed by atoms with E-state index in [-0.39, 0.29) is 35.9 Å². The van der Waals surface area contributed by atoms with Crippen LogP contribution >= 0.6 is 23.5 Å². The largest absolute Gasteiger partial charge is 0.393 e. The molecule has 2 aliphatic heterocycles. The molecule has 8 nitrogen and oxygen atoms in total. The number of fused-ring (bicyclic) bond motifs is 2. The van der Waals surface area contributed by atoms with Gasteiger partial charge in [-0.3, -0.25) is 9.59 Å². The van der Waals surface area contributed by atoms with Gasteiger partial charge in [0.2, 0.25) is 16.9 Å². The second-order valence-corrected chi connectivity index (χ2v) is 22.4. The Morgan fingerprint density at radius 2 is 1.16 bits per heavy atom. The zero-order chi connectivity index (χ0) is 39.1. The zero-order valence-corrected chi connectivity index (χ0v) is 36.8. The topological polar surface area (TPSA) is 105 Å². The molecule has 2 amide bonds. The molecule has 320 valence electrons. The molecule has 0 aromatic carbocycles. The van der Waals surface area contributed by atoms with Crippen molar-refractivity contribution in [1.29, 1.82) is 0 Å². The number of aliphatic hydroxyl groups is 2. The van der Waals surface area contributed by atoms with Gasteiger partial charge in [-0.05, 0) is 125 Å². The molecule has 0 bridgehead atoms. The van der Waals surface area contributed by atoms with Gasteiger partial charge in [-0.1, -0.05) is 64.2 Å². The molecule has 6 saturated carbocycles. The van der Waals surface area contributed by atoms with Gasteiger partial charge in [0.15, 0.2) is 6.04 Å². The molecular formula is C47H77N4O4S2+. The average molecular weight is 826 g/mol. The van der Waals surface area contributed by atoms with Crippen LogP contribution < -0.4 is 10.6 Å². The lowest BCUT2D eigenvalue weighted by atomic mass is 9.72. The monoisotopic (exact) mass is 826 g/mol. The number of carbonyl (C=O) groups is 2. The van der Waals surface area contributed by atoms with Crippen LogP contribution in [-0.2, 0) is 9.59 Å². The van der Waals surface area contributed by atoms with Crippen LogP contribution in [0, 0.1) is 35.5 Å². The highest BCUT2D eigenvalue weighted by Crippen LogP contribution is 2.51. The quantitative estimate of drug-likeness (QED) is 0.109. The summed E-state index contributed by atoms with van der Waals surface area (Å²) < 4.78 is 2.81. The van der Waals surface area contributed by atoms with Gasteiger partial charge in [-0.2, -0.15) is 0 Å². The fraction of sp³-hybridized carbons (Fsp3) is 0.894. The van der Waals surface area contributed by atoms with Gasteiger partial charge >= 0.3 is 0 Å². The number of hydrogen-bond donors (Lipinski definition) is 4. The van der Waals surface area contributed by atoms with Gasteiger partial charge in [-0.25, -0.2) is 4.58 Å². The molecular weight excluding hydrogens is 749 g/mol. The molecule has 10 heteroatoms. The molecule has 6 atom stereocenters. The summed E-state index contributed by atoms with van der Waals surface area (Å²) in [4.78, 5) is 29.0. The molecule has 0 spiro atoms. The molecule has 7 fully saturated rings. The Morgan fingerprint density at radius 1 is 0.614 bits per heavy atom. The van der Waals surface area contributed by atoms with E-state index in [2.05, 4.69) is 49.7 Å². The molecule has 8 aliphatic rings. The molecule has 0 radical (unpaired) electrons. The van der Waals surface area contributed by atoms with Crippen molar-refractivity contribution in [3.8, 4) is 0 Å². The second kappa shape index (κ2) is 20.6. The fourth-order valence-corrected chi connectivity index (χ4v) is 16.0. The SMILES string of the molecule is O=C(NCCCN1C(=CC2=[N+](CCCNC(=O)C3CCC(O)CC3)C3CC(C4CCCCC4)CCC3S2)SC2CCC(C3CCCCC3)CC21)C1CCC(O)CC1. The Bertz CT molecular complexity index is 1400. The summed E-state index contributed by atoms with van der Waals surface area (Å²) in [5, 5.41) is 30.8. The Hall–Kier alpha value is -1.23. The number of carbonyl (C=O) groups excluding carboxylic acids is 2. The standard InChI is InChI=1S/C47H76N4O4S2/c52-38-19-13-34(14-20-38)46(54)48-25-7-27-50-40-29-36(32-9-3-1-4-10-32)17-23-42(40)56-44(50)31-45-51(28-8-26-49-47(55)35-15-21-39(53)22-16-35)41-30-37(18-24-43(41)57-45)33-11-5-2-6-12-33/h31-43,52-53H,1-30H2,(H-,48,49,54,55)/p+1. The molecule has 4 N–H and O–H groups in total. The highest BCUT2D eigenvalue weighted by Gasteiger charge is 2.49. The third-order valence-electron chi connectivity index (χ3n) is 16.3. The van der Waals surface area contributed by atoms with Crippen LogP contribution in [0.5, 0.6) is 0 Å². The van der Waals surface area contributed by atoms with Gasteiger partial charge in [0.25, 0.3) is 0 Å². The minimum absolute atomic E-state index is 0.0581. The molecule has 8 rings (SSSR count). The molecule has 57 heavy (non-hydrogen) atoms. The number of hydrogen-bond acceptors (Lipinski definition) is 7. The summed E-state index contributed by atoms with van der Waals surface area (Å²) in [6.45, 7) is 3.46. The molecule has 1 saturated heterocycles. The maximum Gasteiger partial charge on any atom is 0.238 e. The lowest BCUT2D eigenvalue weighted by molar-refractivity contribution is -0.563. The van der Waals surface area contributed by atoms with Crippen LogP contribution in [-0.4, -0.2) is 97.5 Å².